The number of halogens is 7. The monoisotopic (exact) mass is 1880 g/mol. The molecule has 0 aromatic heterocycles. The number of ether oxygens (including phenoxy) is 1. The maximum atomic E-state index is 13.3. The molecule has 0 saturated carbocycles. The number of rotatable bonds is 22. The molecule has 120 heavy (non-hydrogen) atoms. The number of alkyl halides is 3. The van der Waals surface area contributed by atoms with Crippen LogP contribution in [0.4, 0.5) is 13.2 Å². The van der Waals surface area contributed by atoms with Crippen LogP contribution in [-0.4, -0.2) is 96.0 Å². The van der Waals surface area contributed by atoms with Crippen molar-refractivity contribution in [3.63, 3.8) is 0 Å². The SMILES string of the molecule is CC(C)c1ccc(S(=O)(=O)NC(C)(C)C)c(C(C)(C)O)c1.CC(C)c1ccc(S(=O)(=O)NC(C)(C)C)c(C(F)(F)F)c1Cl.CC(C)c1ccc(S(=O)(=O)NC(C)(C)C)c(Cl)c1Cl.CCC(C)(C)NS(=O)(=O)c1ccc(C(C)C)c(Cl)c1C.COc1cc(C(C)C)ccc1S(=O)(=O)NC(C)(C)C.Cc1c(C(C)C)ccc(S(=O)(=O)NC(C)(C)C)c1C. The first-order valence-corrected chi connectivity index (χ1v) is 49.9. The lowest BCUT2D eigenvalue weighted by Gasteiger charge is -2.26. The van der Waals surface area contributed by atoms with Gasteiger partial charge in [0.1, 0.15) is 15.5 Å². The molecule has 0 bridgehead atoms. The van der Waals surface area contributed by atoms with E-state index in [0.29, 0.717) is 50.1 Å². The highest BCUT2D eigenvalue weighted by Gasteiger charge is 2.42. The molecular formula is C87H137Cl4F3N6O14S6. The fourth-order valence-electron chi connectivity index (χ4n) is 11.5. The molecule has 7 N–H and O–H groups in total. The lowest BCUT2D eigenvalue weighted by atomic mass is 9.93. The number of hydrogen-bond acceptors (Lipinski definition) is 14. The van der Waals surface area contributed by atoms with Crippen molar-refractivity contribution in [3.8, 4) is 5.75 Å². The summed E-state index contributed by atoms with van der Waals surface area (Å²) in [5, 5.41) is 10.7. The van der Waals surface area contributed by atoms with Gasteiger partial charge in [0.25, 0.3) is 0 Å². The van der Waals surface area contributed by atoms with Crippen LogP contribution in [0.1, 0.15) is 325 Å². The summed E-state index contributed by atoms with van der Waals surface area (Å²) in [5.74, 6) is 1.53. The van der Waals surface area contributed by atoms with Gasteiger partial charge in [0.15, 0.2) is 0 Å². The number of sulfonamides is 6. The Morgan fingerprint density at radius 2 is 0.625 bits per heavy atom. The van der Waals surface area contributed by atoms with E-state index in [0.717, 1.165) is 39.4 Å². The van der Waals surface area contributed by atoms with Crippen LogP contribution in [0, 0.1) is 20.8 Å². The molecule has 0 atom stereocenters. The molecule has 0 aliphatic rings. The molecular weight excluding hydrogens is 1740 g/mol. The van der Waals surface area contributed by atoms with Crippen molar-refractivity contribution in [1.82, 2.24) is 28.3 Å². The molecule has 0 spiro atoms. The van der Waals surface area contributed by atoms with Crippen LogP contribution >= 0.6 is 46.4 Å². The third-order valence-corrected chi connectivity index (χ3v) is 30.4. The minimum Gasteiger partial charge on any atom is -0.495 e. The Morgan fingerprint density at radius 1 is 0.342 bits per heavy atom. The van der Waals surface area contributed by atoms with Gasteiger partial charge in [-0.2, -0.15) is 13.2 Å². The zero-order chi connectivity index (χ0) is 94.7. The molecule has 0 aliphatic heterocycles. The van der Waals surface area contributed by atoms with Gasteiger partial charge in [0.05, 0.1) is 52.9 Å². The van der Waals surface area contributed by atoms with E-state index in [4.69, 9.17) is 51.1 Å². The second-order valence-electron chi connectivity index (χ2n) is 37.9. The number of benzene rings is 6. The fourth-order valence-corrected chi connectivity index (χ4v) is 23.4. The predicted molar refractivity (Wildman–Crippen MR) is 489 cm³/mol. The summed E-state index contributed by atoms with van der Waals surface area (Å²) in [6.07, 6.45) is -4.16. The Kier molecular flexibility index (Phi) is 40.5. The first-order valence-electron chi connectivity index (χ1n) is 39.4. The maximum absolute atomic E-state index is 13.3. The van der Waals surface area contributed by atoms with Crippen molar-refractivity contribution >= 4 is 107 Å². The van der Waals surface area contributed by atoms with Crippen LogP contribution in [0.5, 0.6) is 5.75 Å². The van der Waals surface area contributed by atoms with E-state index in [1.807, 2.05) is 109 Å². The molecule has 684 valence electrons. The third kappa shape index (κ3) is 35.0. The fraction of sp³-hybridized carbons (Fsp3) is 0.586. The van der Waals surface area contributed by atoms with Gasteiger partial charge < -0.3 is 9.84 Å². The minimum absolute atomic E-state index is 0.0125. The van der Waals surface area contributed by atoms with Crippen molar-refractivity contribution in [3.05, 3.63) is 166 Å². The molecule has 6 aromatic rings. The molecule has 0 amide bonds. The predicted octanol–water partition coefficient (Wildman–Crippen LogP) is 22.5. The van der Waals surface area contributed by atoms with Gasteiger partial charge in [-0.3, -0.25) is 0 Å². The van der Waals surface area contributed by atoms with E-state index in [2.05, 4.69) is 56.0 Å². The number of hydrogen-bond donors (Lipinski definition) is 7. The first kappa shape index (κ1) is 113. The Labute approximate surface area is 740 Å². The second kappa shape index (κ2) is 42.9. The van der Waals surface area contributed by atoms with Crippen molar-refractivity contribution in [1.29, 1.82) is 0 Å². The number of methoxy groups -OCH3 is 1. The summed E-state index contributed by atoms with van der Waals surface area (Å²) in [5.41, 5.74) is 2.14. The minimum atomic E-state index is -4.87. The van der Waals surface area contributed by atoms with Gasteiger partial charge >= 0.3 is 6.18 Å². The van der Waals surface area contributed by atoms with Gasteiger partial charge in [-0.1, -0.05) is 179 Å². The van der Waals surface area contributed by atoms with Crippen LogP contribution in [0.15, 0.2) is 114 Å². The summed E-state index contributed by atoms with van der Waals surface area (Å²) in [4.78, 5) is 0.101. The smallest absolute Gasteiger partial charge is 0.419 e. The standard InChI is InChI=1S/C16H27NO3S.C15H24ClNO2S.C15H25NO2S.C14H19ClF3NO2S.C14H23NO3S.C13H19Cl2NO2S/c1-11(2)12-8-9-14(13(10-12)16(6,7)18)21(19,20)17-15(3,4)5;1-7-15(5,6)17-20(18,19)13-9-8-12(10(2)3)14(16)11(13)4;1-10(2)13-8-9-14(12(4)11(13)3)19(17,18)16-15(5,6)7;1-8(2)9-6-7-10(11(12(9)15)14(16,17)18)22(20,21)19-13(3,4)5;1-10(2)11-7-8-13(12(9-11)18-6)19(16,17)15-14(3,4)5;1-8(2)9-6-7-10(12(15)11(9)14)19(17,18)16-13(3,4)5/h8-11,17-18H,1-7H3;8-10,17H,7H2,1-6H3;8-10,16H,1-7H3;6-8,19H,1-5H3;7-10,15H,1-6H3;6-8,16H,1-5H3. The number of aliphatic hydroxyl groups is 1. The zero-order valence-electron chi connectivity index (χ0n) is 77.1. The van der Waals surface area contributed by atoms with E-state index in [1.54, 1.807) is 172 Å². The van der Waals surface area contributed by atoms with Crippen molar-refractivity contribution in [2.45, 2.75) is 359 Å². The summed E-state index contributed by atoms with van der Waals surface area (Å²) in [6, 6.07) is 22.9. The number of nitrogens with one attached hydrogen (secondary N) is 6. The van der Waals surface area contributed by atoms with Gasteiger partial charge in [-0.05, 0) is 287 Å². The van der Waals surface area contributed by atoms with Crippen LogP contribution in [0.25, 0.3) is 0 Å². The molecule has 0 aliphatic carbocycles. The van der Waals surface area contributed by atoms with E-state index in [9.17, 15) is 68.8 Å². The highest BCUT2D eigenvalue weighted by atomic mass is 35.5. The highest BCUT2D eigenvalue weighted by molar-refractivity contribution is 7.91. The third-order valence-electron chi connectivity index (χ3n) is 17.5. The van der Waals surface area contributed by atoms with E-state index in [1.165, 1.54) is 24.8 Å². The van der Waals surface area contributed by atoms with Gasteiger partial charge in [0, 0.05) is 43.8 Å². The highest BCUT2D eigenvalue weighted by Crippen LogP contribution is 2.44. The molecule has 20 nitrogen and oxygen atoms in total. The molecule has 0 fully saturated rings. The molecule has 6 rings (SSSR count). The van der Waals surface area contributed by atoms with Crippen LogP contribution in [0.3, 0.4) is 0 Å². The van der Waals surface area contributed by atoms with Gasteiger partial charge in [-0.25, -0.2) is 78.8 Å². The van der Waals surface area contributed by atoms with Gasteiger partial charge in [0.2, 0.25) is 60.1 Å². The van der Waals surface area contributed by atoms with Crippen LogP contribution < -0.4 is 33.1 Å². The molecule has 0 unspecified atom stereocenters. The summed E-state index contributed by atoms with van der Waals surface area (Å²) in [7, 11) is -20.8. The average molecular weight is 1880 g/mol. The molecule has 0 saturated heterocycles. The quantitative estimate of drug-likeness (QED) is 0.0332. The van der Waals surface area contributed by atoms with Crippen LogP contribution in [-0.2, 0) is 71.9 Å². The Hall–Kier alpha value is -4.51. The molecule has 0 radical (unpaired) electrons. The Morgan fingerprint density at radius 3 is 0.967 bits per heavy atom. The lowest BCUT2D eigenvalue weighted by molar-refractivity contribution is -0.139. The summed E-state index contributed by atoms with van der Waals surface area (Å²) in [6.45, 7) is 64.5. The van der Waals surface area contributed by atoms with Gasteiger partial charge in [-0.15, -0.1) is 0 Å². The topological polar surface area (TPSA) is 306 Å². The van der Waals surface area contributed by atoms with E-state index >= 15 is 0 Å². The molecule has 6 aromatic carbocycles. The summed E-state index contributed by atoms with van der Waals surface area (Å²) >= 11 is 24.4. The second-order valence-corrected chi connectivity index (χ2v) is 49.3. The van der Waals surface area contributed by atoms with E-state index < -0.39 is 121 Å². The Balaban J connectivity index is 0.000000721. The zero-order valence-corrected chi connectivity index (χ0v) is 85.0. The van der Waals surface area contributed by atoms with Crippen molar-refractivity contribution in [2.24, 2.45) is 0 Å². The van der Waals surface area contributed by atoms with Crippen LogP contribution in [0.2, 0.25) is 20.1 Å². The molecule has 33 heteroatoms. The normalized spacial score (nSPS) is 13.2. The average Bonchev–Trinajstić information content (AvgIpc) is 0.738. The van der Waals surface area contributed by atoms with Crippen molar-refractivity contribution in [2.75, 3.05) is 7.11 Å². The van der Waals surface area contributed by atoms with Crippen molar-refractivity contribution < 1.29 is 73.5 Å². The first-order chi connectivity index (χ1) is 53.4. The molecule has 0 heterocycles. The Bertz CT molecular complexity index is 5130. The summed E-state index contributed by atoms with van der Waals surface area (Å²) < 4.78 is 209. The largest absolute Gasteiger partial charge is 0.495 e. The lowest BCUT2D eigenvalue weighted by Crippen LogP contribution is -2.42. The van der Waals surface area contributed by atoms with E-state index in [-0.39, 0.29) is 53.8 Å². The maximum Gasteiger partial charge on any atom is 0.419 e.